The van der Waals surface area contributed by atoms with E-state index >= 15 is 0 Å². The average Bonchev–Trinajstić information content (AvgIpc) is 3.15. The zero-order chi connectivity index (χ0) is 11.7. The van der Waals surface area contributed by atoms with E-state index < -0.39 is 0 Å². The molecule has 4 heteroatoms. The van der Waals surface area contributed by atoms with Crippen LogP contribution in [0.25, 0.3) is 11.3 Å². The van der Waals surface area contributed by atoms with Crippen LogP contribution in [0.3, 0.4) is 0 Å². The molecule has 2 N–H and O–H groups in total. The largest absolute Gasteiger partial charge is 0.490 e. The van der Waals surface area contributed by atoms with E-state index in [-0.39, 0.29) is 0 Å². The van der Waals surface area contributed by atoms with Crippen LogP contribution < -0.4 is 10.5 Å². The van der Waals surface area contributed by atoms with Gasteiger partial charge in [0, 0.05) is 5.56 Å². The molecular formula is C13H13N3O. The molecule has 0 amide bonds. The van der Waals surface area contributed by atoms with Crippen molar-refractivity contribution in [2.24, 2.45) is 0 Å². The maximum atomic E-state index is 5.68. The zero-order valence-corrected chi connectivity index (χ0v) is 9.34. The normalized spacial score (nSPS) is 14.6. The van der Waals surface area contributed by atoms with Gasteiger partial charge in [-0.25, -0.2) is 0 Å². The molecule has 4 nitrogen and oxygen atoms in total. The van der Waals surface area contributed by atoms with Crippen LogP contribution in [0.1, 0.15) is 12.8 Å². The number of hydrogen-bond donors (Lipinski definition) is 1. The molecule has 17 heavy (non-hydrogen) atoms. The van der Waals surface area contributed by atoms with Gasteiger partial charge in [-0.3, -0.25) is 0 Å². The van der Waals surface area contributed by atoms with Crippen molar-refractivity contribution in [1.29, 1.82) is 0 Å². The minimum absolute atomic E-state index is 0.428. The first kappa shape index (κ1) is 10.1. The lowest BCUT2D eigenvalue weighted by Crippen LogP contribution is -1.96. The van der Waals surface area contributed by atoms with Gasteiger partial charge in [-0.2, -0.15) is 0 Å². The van der Waals surface area contributed by atoms with E-state index in [1.54, 1.807) is 6.07 Å². The van der Waals surface area contributed by atoms with Gasteiger partial charge >= 0.3 is 0 Å². The smallest absolute Gasteiger partial charge is 0.146 e. The lowest BCUT2D eigenvalue weighted by atomic mass is 10.1. The van der Waals surface area contributed by atoms with Crippen LogP contribution in [0, 0.1) is 0 Å². The summed E-state index contributed by atoms with van der Waals surface area (Å²) in [6.45, 7) is 0. The molecule has 1 aromatic heterocycles. The fourth-order valence-corrected chi connectivity index (χ4v) is 1.58. The Morgan fingerprint density at radius 3 is 2.35 bits per heavy atom. The summed E-state index contributed by atoms with van der Waals surface area (Å²) in [7, 11) is 0. The fraction of sp³-hybridized carbons (Fsp3) is 0.231. The average molecular weight is 227 g/mol. The molecule has 0 aliphatic heterocycles. The van der Waals surface area contributed by atoms with Gasteiger partial charge in [0.05, 0.1) is 11.8 Å². The van der Waals surface area contributed by atoms with Crippen molar-refractivity contribution in [2.45, 2.75) is 18.9 Å². The molecule has 1 aromatic carbocycles. The Bertz CT molecular complexity index is 503. The van der Waals surface area contributed by atoms with Gasteiger partial charge in [-0.05, 0) is 49.2 Å². The van der Waals surface area contributed by atoms with Gasteiger partial charge in [0.2, 0.25) is 0 Å². The Morgan fingerprint density at radius 1 is 1.00 bits per heavy atom. The summed E-state index contributed by atoms with van der Waals surface area (Å²) in [5.74, 6) is 1.35. The van der Waals surface area contributed by atoms with Crippen LogP contribution in [-0.2, 0) is 0 Å². The molecule has 2 aromatic rings. The molecule has 0 spiro atoms. The van der Waals surface area contributed by atoms with Crippen molar-refractivity contribution in [3.05, 3.63) is 36.4 Å². The molecule has 0 saturated heterocycles. The maximum absolute atomic E-state index is 5.68. The standard InChI is InChI=1S/C13H13N3O/c14-13-8-7-12(15-16-13)9-1-3-10(4-2-9)17-11-5-6-11/h1-4,7-8,11H,5-6H2,(H2,14,16). The second kappa shape index (κ2) is 4.05. The van der Waals surface area contributed by atoms with E-state index in [1.165, 1.54) is 12.8 Å². The van der Waals surface area contributed by atoms with E-state index in [0.29, 0.717) is 11.9 Å². The monoisotopic (exact) mass is 227 g/mol. The molecule has 0 atom stereocenters. The zero-order valence-electron chi connectivity index (χ0n) is 9.34. The minimum Gasteiger partial charge on any atom is -0.490 e. The predicted molar refractivity (Wildman–Crippen MR) is 65.5 cm³/mol. The van der Waals surface area contributed by atoms with Gasteiger partial charge in [0.15, 0.2) is 0 Å². The number of hydrogen-bond acceptors (Lipinski definition) is 4. The second-order valence-corrected chi connectivity index (χ2v) is 4.19. The number of nitrogens with two attached hydrogens (primary N) is 1. The van der Waals surface area contributed by atoms with Crippen LogP contribution in [0.5, 0.6) is 5.75 Å². The molecule has 1 fully saturated rings. The van der Waals surface area contributed by atoms with E-state index in [1.807, 2.05) is 30.3 Å². The number of rotatable bonds is 3. The second-order valence-electron chi connectivity index (χ2n) is 4.19. The van der Waals surface area contributed by atoms with Crippen LogP contribution >= 0.6 is 0 Å². The molecule has 0 radical (unpaired) electrons. The van der Waals surface area contributed by atoms with Crippen LogP contribution in [-0.4, -0.2) is 16.3 Å². The van der Waals surface area contributed by atoms with Crippen LogP contribution in [0.2, 0.25) is 0 Å². The first-order valence-electron chi connectivity index (χ1n) is 5.67. The summed E-state index contributed by atoms with van der Waals surface area (Å²) >= 11 is 0. The van der Waals surface area contributed by atoms with Gasteiger partial charge in [0.25, 0.3) is 0 Å². The van der Waals surface area contributed by atoms with Gasteiger partial charge < -0.3 is 10.5 Å². The minimum atomic E-state index is 0.428. The highest BCUT2D eigenvalue weighted by molar-refractivity contribution is 5.60. The van der Waals surface area contributed by atoms with Crippen LogP contribution in [0.15, 0.2) is 36.4 Å². The van der Waals surface area contributed by atoms with Crippen molar-refractivity contribution < 1.29 is 4.74 Å². The van der Waals surface area contributed by atoms with Gasteiger partial charge in [-0.1, -0.05) is 0 Å². The predicted octanol–water partition coefficient (Wildman–Crippen LogP) is 2.27. The Balaban J connectivity index is 1.80. The Labute approximate surface area is 99.4 Å². The Morgan fingerprint density at radius 2 is 1.76 bits per heavy atom. The van der Waals surface area contributed by atoms with Gasteiger partial charge in [-0.15, -0.1) is 10.2 Å². The fourth-order valence-electron chi connectivity index (χ4n) is 1.58. The van der Waals surface area contributed by atoms with E-state index in [0.717, 1.165) is 17.0 Å². The summed E-state index contributed by atoms with van der Waals surface area (Å²) in [6.07, 6.45) is 2.77. The summed E-state index contributed by atoms with van der Waals surface area (Å²) in [6, 6.07) is 11.5. The van der Waals surface area contributed by atoms with E-state index in [2.05, 4.69) is 10.2 Å². The van der Waals surface area contributed by atoms with Gasteiger partial charge in [0.1, 0.15) is 11.6 Å². The number of anilines is 1. The van der Waals surface area contributed by atoms with Crippen LogP contribution in [0.4, 0.5) is 5.82 Å². The maximum Gasteiger partial charge on any atom is 0.146 e. The highest BCUT2D eigenvalue weighted by Gasteiger charge is 2.23. The molecule has 1 aliphatic rings. The highest BCUT2D eigenvalue weighted by atomic mass is 16.5. The van der Waals surface area contributed by atoms with Crippen molar-refractivity contribution in [3.63, 3.8) is 0 Å². The van der Waals surface area contributed by atoms with E-state index in [9.17, 15) is 0 Å². The lowest BCUT2D eigenvalue weighted by molar-refractivity contribution is 0.303. The molecule has 1 aliphatic carbocycles. The molecule has 86 valence electrons. The molecule has 1 heterocycles. The van der Waals surface area contributed by atoms with E-state index in [4.69, 9.17) is 10.5 Å². The Hall–Kier alpha value is -2.10. The molecule has 0 bridgehead atoms. The number of nitrogen functional groups attached to an aromatic ring is 1. The number of ether oxygens (including phenoxy) is 1. The topological polar surface area (TPSA) is 61.0 Å². The highest BCUT2D eigenvalue weighted by Crippen LogP contribution is 2.28. The summed E-state index contributed by atoms with van der Waals surface area (Å²) < 4.78 is 5.68. The third-order valence-electron chi connectivity index (χ3n) is 2.66. The Kier molecular flexibility index (Phi) is 2.40. The third-order valence-corrected chi connectivity index (χ3v) is 2.66. The number of nitrogens with zero attached hydrogens (tertiary/aromatic N) is 2. The number of aromatic nitrogens is 2. The van der Waals surface area contributed by atoms with Crippen molar-refractivity contribution in [1.82, 2.24) is 10.2 Å². The lowest BCUT2D eigenvalue weighted by Gasteiger charge is -2.05. The third kappa shape index (κ3) is 2.36. The summed E-state index contributed by atoms with van der Waals surface area (Å²) in [4.78, 5) is 0. The summed E-state index contributed by atoms with van der Waals surface area (Å²) in [5.41, 5.74) is 7.33. The molecule has 1 saturated carbocycles. The molecule has 0 unspecified atom stereocenters. The van der Waals surface area contributed by atoms with Crippen molar-refractivity contribution in [3.8, 4) is 17.0 Å². The quantitative estimate of drug-likeness (QED) is 0.873. The molecular weight excluding hydrogens is 214 g/mol. The van der Waals surface area contributed by atoms with Crippen molar-refractivity contribution >= 4 is 5.82 Å². The SMILES string of the molecule is Nc1ccc(-c2ccc(OC3CC3)cc2)nn1. The first-order chi connectivity index (χ1) is 8.31. The first-order valence-corrected chi connectivity index (χ1v) is 5.67. The summed E-state index contributed by atoms with van der Waals surface area (Å²) in [5, 5.41) is 7.87. The number of benzene rings is 1. The van der Waals surface area contributed by atoms with Crippen molar-refractivity contribution in [2.75, 3.05) is 5.73 Å². The molecule has 3 rings (SSSR count).